The van der Waals surface area contributed by atoms with Gasteiger partial charge >= 0.3 is 0 Å². The highest BCUT2D eigenvalue weighted by atomic mass is 16.5. The molecule has 0 aliphatic heterocycles. The Bertz CT molecular complexity index is 387. The summed E-state index contributed by atoms with van der Waals surface area (Å²) in [6, 6.07) is 0.183. The molecule has 114 valence electrons. The van der Waals surface area contributed by atoms with Crippen LogP contribution in [0.2, 0.25) is 0 Å². The van der Waals surface area contributed by atoms with Gasteiger partial charge in [0, 0.05) is 14.2 Å². The molecule has 0 bridgehead atoms. The maximum Gasteiger partial charge on any atom is 0.0809 e. The maximum atomic E-state index is 5.90. The van der Waals surface area contributed by atoms with Gasteiger partial charge in [-0.2, -0.15) is 0 Å². The second-order valence-corrected chi connectivity index (χ2v) is 5.81. The van der Waals surface area contributed by atoms with Crippen molar-refractivity contribution in [3.8, 4) is 0 Å². The van der Waals surface area contributed by atoms with E-state index in [9.17, 15) is 0 Å². The summed E-state index contributed by atoms with van der Waals surface area (Å²) in [4.78, 5) is 0. The van der Waals surface area contributed by atoms with E-state index < -0.39 is 0 Å². The molecule has 20 heavy (non-hydrogen) atoms. The molecule has 0 amide bonds. The molecule has 2 rings (SSSR count). The Hall–Kier alpha value is -0.940. The Morgan fingerprint density at radius 3 is 2.70 bits per heavy atom. The third kappa shape index (κ3) is 3.58. The van der Waals surface area contributed by atoms with E-state index in [2.05, 4.69) is 22.6 Å². The van der Waals surface area contributed by atoms with Gasteiger partial charge in [0.25, 0.3) is 0 Å². The fourth-order valence-corrected chi connectivity index (χ4v) is 3.33. The van der Waals surface area contributed by atoms with Crippen molar-refractivity contribution >= 4 is 0 Å². The SMILES string of the molecule is CCCNC(c1cnnn1C)C(OC)C1CCCCC1. The predicted molar refractivity (Wildman–Crippen MR) is 79.4 cm³/mol. The number of hydrogen-bond donors (Lipinski definition) is 1. The lowest BCUT2D eigenvalue weighted by Crippen LogP contribution is -2.40. The first-order chi connectivity index (χ1) is 9.77. The van der Waals surface area contributed by atoms with Crippen LogP contribution < -0.4 is 5.32 Å². The van der Waals surface area contributed by atoms with Crippen LogP contribution in [0, 0.1) is 5.92 Å². The van der Waals surface area contributed by atoms with E-state index in [1.807, 2.05) is 25.0 Å². The Kier molecular flexibility index (Phi) is 5.98. The van der Waals surface area contributed by atoms with Crippen molar-refractivity contribution < 1.29 is 4.74 Å². The normalized spacial score (nSPS) is 19.9. The largest absolute Gasteiger partial charge is 0.379 e. The Morgan fingerprint density at radius 2 is 2.15 bits per heavy atom. The third-order valence-electron chi connectivity index (χ3n) is 4.40. The van der Waals surface area contributed by atoms with Crippen LogP contribution >= 0.6 is 0 Å². The molecular formula is C15H28N4O. The van der Waals surface area contributed by atoms with Crippen LogP contribution in [0.5, 0.6) is 0 Å². The van der Waals surface area contributed by atoms with Gasteiger partial charge in [0.05, 0.1) is 24.0 Å². The van der Waals surface area contributed by atoms with Gasteiger partial charge in [0.1, 0.15) is 0 Å². The van der Waals surface area contributed by atoms with Gasteiger partial charge in [-0.1, -0.05) is 31.4 Å². The number of methoxy groups -OCH3 is 1. The van der Waals surface area contributed by atoms with Crippen molar-refractivity contribution in [3.05, 3.63) is 11.9 Å². The zero-order valence-corrected chi connectivity index (χ0v) is 13.0. The molecule has 1 fully saturated rings. The molecule has 5 nitrogen and oxygen atoms in total. The van der Waals surface area contributed by atoms with Crippen LogP contribution in [0.1, 0.15) is 57.2 Å². The molecule has 0 radical (unpaired) electrons. The van der Waals surface area contributed by atoms with Crippen LogP contribution in [0.4, 0.5) is 0 Å². The second kappa shape index (κ2) is 7.74. The highest BCUT2D eigenvalue weighted by Crippen LogP contribution is 2.33. The summed E-state index contributed by atoms with van der Waals surface area (Å²) >= 11 is 0. The first-order valence-corrected chi connectivity index (χ1v) is 7.88. The fraction of sp³-hybridized carbons (Fsp3) is 0.867. The van der Waals surface area contributed by atoms with E-state index in [1.165, 1.54) is 32.1 Å². The molecule has 2 unspecified atom stereocenters. The van der Waals surface area contributed by atoms with Crippen molar-refractivity contribution in [1.82, 2.24) is 20.3 Å². The van der Waals surface area contributed by atoms with E-state index in [1.54, 1.807) is 0 Å². The summed E-state index contributed by atoms with van der Waals surface area (Å²) < 4.78 is 7.76. The average molecular weight is 280 g/mol. The lowest BCUT2D eigenvalue weighted by atomic mass is 9.82. The zero-order chi connectivity index (χ0) is 14.4. The molecule has 2 atom stereocenters. The average Bonchev–Trinajstić information content (AvgIpc) is 2.90. The van der Waals surface area contributed by atoms with E-state index in [4.69, 9.17) is 4.74 Å². The number of hydrogen-bond acceptors (Lipinski definition) is 4. The molecule has 1 saturated carbocycles. The highest BCUT2D eigenvalue weighted by molar-refractivity contribution is 5.06. The molecule has 1 N–H and O–H groups in total. The quantitative estimate of drug-likeness (QED) is 0.833. The first kappa shape index (κ1) is 15.4. The number of nitrogens with zero attached hydrogens (tertiary/aromatic N) is 3. The smallest absolute Gasteiger partial charge is 0.0809 e. The summed E-state index contributed by atoms with van der Waals surface area (Å²) in [5.74, 6) is 0.637. The standard InChI is InChI=1S/C15H28N4O/c1-4-10-16-14(13-11-17-18-19(13)2)15(20-3)12-8-6-5-7-9-12/h11-12,14-16H,4-10H2,1-3H3. The molecule has 5 heteroatoms. The van der Waals surface area contributed by atoms with Crippen LogP contribution in [-0.2, 0) is 11.8 Å². The fourth-order valence-electron chi connectivity index (χ4n) is 3.33. The zero-order valence-electron chi connectivity index (χ0n) is 13.0. The van der Waals surface area contributed by atoms with Crippen LogP contribution in [0.25, 0.3) is 0 Å². The monoisotopic (exact) mass is 280 g/mol. The first-order valence-electron chi connectivity index (χ1n) is 7.88. The van der Waals surface area contributed by atoms with Gasteiger partial charge in [-0.25, -0.2) is 0 Å². The van der Waals surface area contributed by atoms with Gasteiger partial charge in [-0.3, -0.25) is 4.68 Å². The minimum atomic E-state index is 0.183. The second-order valence-electron chi connectivity index (χ2n) is 5.81. The van der Waals surface area contributed by atoms with Gasteiger partial charge < -0.3 is 10.1 Å². The van der Waals surface area contributed by atoms with Gasteiger partial charge in [0.2, 0.25) is 0 Å². The molecule has 1 aliphatic rings. The molecule has 1 aromatic heterocycles. The van der Waals surface area contributed by atoms with Gasteiger partial charge in [0.15, 0.2) is 0 Å². The van der Waals surface area contributed by atoms with Crippen molar-refractivity contribution in [3.63, 3.8) is 0 Å². The number of nitrogens with one attached hydrogen (secondary N) is 1. The number of aryl methyl sites for hydroxylation is 1. The molecule has 0 spiro atoms. The van der Waals surface area contributed by atoms with Crippen LogP contribution in [0.15, 0.2) is 6.20 Å². The molecule has 1 aliphatic carbocycles. The third-order valence-corrected chi connectivity index (χ3v) is 4.40. The van der Waals surface area contributed by atoms with E-state index in [0.717, 1.165) is 18.7 Å². The number of rotatable bonds is 7. The van der Waals surface area contributed by atoms with Crippen molar-refractivity contribution in [2.24, 2.45) is 13.0 Å². The highest BCUT2D eigenvalue weighted by Gasteiger charge is 2.33. The topological polar surface area (TPSA) is 52.0 Å². The summed E-state index contributed by atoms with van der Waals surface area (Å²) in [6.45, 7) is 3.18. The minimum absolute atomic E-state index is 0.183. The van der Waals surface area contributed by atoms with Gasteiger partial charge in [-0.05, 0) is 31.7 Å². The number of ether oxygens (including phenoxy) is 1. The predicted octanol–water partition coefficient (Wildman–Crippen LogP) is 2.45. The molecule has 0 aromatic carbocycles. The summed E-state index contributed by atoms with van der Waals surface area (Å²) in [5.41, 5.74) is 1.12. The van der Waals surface area contributed by atoms with Crippen LogP contribution in [-0.4, -0.2) is 34.8 Å². The lowest BCUT2D eigenvalue weighted by Gasteiger charge is -2.35. The Balaban J connectivity index is 2.16. The van der Waals surface area contributed by atoms with E-state index in [-0.39, 0.29) is 12.1 Å². The minimum Gasteiger partial charge on any atom is -0.379 e. The summed E-state index contributed by atoms with van der Waals surface area (Å²) in [6.07, 6.45) is 9.75. The van der Waals surface area contributed by atoms with E-state index in [0.29, 0.717) is 5.92 Å². The molecule has 1 aromatic rings. The maximum absolute atomic E-state index is 5.90. The van der Waals surface area contributed by atoms with E-state index >= 15 is 0 Å². The van der Waals surface area contributed by atoms with Crippen LogP contribution in [0.3, 0.4) is 0 Å². The molecule has 1 heterocycles. The van der Waals surface area contributed by atoms with Crippen molar-refractivity contribution in [1.29, 1.82) is 0 Å². The summed E-state index contributed by atoms with van der Waals surface area (Å²) in [7, 11) is 3.79. The molecule has 0 saturated heterocycles. The number of aromatic nitrogens is 3. The summed E-state index contributed by atoms with van der Waals surface area (Å²) in [5, 5.41) is 11.7. The van der Waals surface area contributed by atoms with Gasteiger partial charge in [-0.15, -0.1) is 5.10 Å². The Morgan fingerprint density at radius 1 is 1.40 bits per heavy atom. The van der Waals surface area contributed by atoms with Crippen molar-refractivity contribution in [2.75, 3.05) is 13.7 Å². The van der Waals surface area contributed by atoms with Crippen molar-refractivity contribution in [2.45, 2.75) is 57.6 Å². The molecular weight excluding hydrogens is 252 g/mol. The lowest BCUT2D eigenvalue weighted by molar-refractivity contribution is 0.00561. The Labute approximate surface area is 122 Å².